The van der Waals surface area contributed by atoms with Crippen LogP contribution in [0.4, 0.5) is 0 Å². The van der Waals surface area contributed by atoms with Crippen molar-refractivity contribution in [1.29, 1.82) is 0 Å². The van der Waals surface area contributed by atoms with Crippen molar-refractivity contribution < 1.29 is 47.6 Å². The monoisotopic (exact) mass is 606 g/mol. The Morgan fingerprint density at radius 1 is 0.477 bits per heavy atom. The molecule has 2 aromatic rings. The lowest BCUT2D eigenvalue weighted by Crippen LogP contribution is -3.09. The minimum atomic E-state index is -1.47. The molecule has 44 heavy (non-hydrogen) atoms. The first-order valence-corrected chi connectivity index (χ1v) is 14.3. The molecule has 0 aromatic heterocycles. The number of nitrogens with one attached hydrogen (secondary N) is 2. The van der Waals surface area contributed by atoms with Crippen LogP contribution in [-0.2, 0) is 38.1 Å². The quantitative estimate of drug-likeness (QED) is 0.325. The summed E-state index contributed by atoms with van der Waals surface area (Å²) in [5.41, 5.74) is -4.57. The van der Waals surface area contributed by atoms with Gasteiger partial charge in [-0.15, -0.1) is 0 Å². The topological polar surface area (TPSA) is 148 Å². The largest absolute Gasteiger partial charge is 0.497 e. The highest BCUT2D eigenvalue weighted by molar-refractivity contribution is 6.02. The number of carbonyl (C=O) groups excluding carboxylic acids is 4. The normalized spacial score (nSPS) is 39.7. The predicted molar refractivity (Wildman–Crippen MR) is 151 cm³/mol. The van der Waals surface area contributed by atoms with Crippen molar-refractivity contribution in [2.75, 3.05) is 42.7 Å². The number of piperidine rings is 4. The van der Waals surface area contributed by atoms with E-state index in [9.17, 15) is 19.2 Å². The third kappa shape index (κ3) is 2.63. The van der Waals surface area contributed by atoms with Gasteiger partial charge in [-0.2, -0.15) is 0 Å². The summed E-state index contributed by atoms with van der Waals surface area (Å²) in [4.78, 5) is 57.2. The Labute approximate surface area is 253 Å². The van der Waals surface area contributed by atoms with Gasteiger partial charge in [0, 0.05) is 36.0 Å². The van der Waals surface area contributed by atoms with Gasteiger partial charge in [0.15, 0.2) is 0 Å². The van der Waals surface area contributed by atoms with Gasteiger partial charge in [-0.25, -0.2) is 0 Å². The third-order valence-electron chi connectivity index (χ3n) is 11.5. The van der Waals surface area contributed by atoms with E-state index >= 15 is 0 Å². The number of carbonyl (C=O) groups is 4. The van der Waals surface area contributed by atoms with Gasteiger partial charge in [0.25, 0.3) is 0 Å². The summed E-state index contributed by atoms with van der Waals surface area (Å²) in [6.07, 6.45) is 0. The van der Waals surface area contributed by atoms with Crippen molar-refractivity contribution in [2.24, 2.45) is 21.7 Å². The first-order chi connectivity index (χ1) is 21.2. The van der Waals surface area contributed by atoms with Gasteiger partial charge < -0.3 is 39.1 Å². The standard InChI is InChI=1S/C32H34N2O10/c1-39-17-11-7-15(8-12-17)19-29(25(35)41-3)21-31(27(37)43-5)20(16-9-13-18(40-2)14-10-16)32(28(38)44-6)23(33-21)30(19,26(36)42-4)24(32)34-22(29)31/h7-14,19-24,33-34H,1-6H3. The molecule has 6 aliphatic rings. The molecule has 0 amide bonds. The second-order valence-electron chi connectivity index (χ2n) is 12.2. The summed E-state index contributed by atoms with van der Waals surface area (Å²) < 4.78 is 32.8. The molecule has 12 nitrogen and oxygen atoms in total. The number of rotatable bonds is 8. The maximum atomic E-state index is 14.3. The Bertz CT molecular complexity index is 1370. The molecule has 8 rings (SSSR count). The molecule has 8 bridgehead atoms. The lowest BCUT2D eigenvalue weighted by Gasteiger charge is -2.91. The molecule has 2 aliphatic carbocycles. The summed E-state index contributed by atoms with van der Waals surface area (Å²) in [6, 6.07) is 10.6. The number of ether oxygens (including phenoxy) is 6. The van der Waals surface area contributed by atoms with E-state index < -0.39 is 81.5 Å². The van der Waals surface area contributed by atoms with Crippen molar-refractivity contribution in [3.8, 4) is 11.5 Å². The fraction of sp³-hybridized carbons (Fsp3) is 0.500. The van der Waals surface area contributed by atoms with Gasteiger partial charge in [0.2, 0.25) is 0 Å². The minimum Gasteiger partial charge on any atom is -0.497 e. The summed E-state index contributed by atoms with van der Waals surface area (Å²) in [5.74, 6) is -2.92. The van der Waals surface area contributed by atoms with E-state index in [0.29, 0.717) is 22.6 Å². The zero-order valence-corrected chi connectivity index (χ0v) is 25.2. The minimum absolute atomic E-state index is 0.583. The molecule has 232 valence electrons. The summed E-state index contributed by atoms with van der Waals surface area (Å²) in [6.45, 7) is 0. The Hall–Kier alpha value is -4.16. The third-order valence-corrected chi connectivity index (χ3v) is 11.5. The van der Waals surface area contributed by atoms with Crippen LogP contribution in [0.1, 0.15) is 23.0 Å². The molecular weight excluding hydrogens is 572 g/mol. The van der Waals surface area contributed by atoms with Crippen LogP contribution in [0.25, 0.3) is 0 Å². The van der Waals surface area contributed by atoms with E-state index in [1.54, 1.807) is 62.8 Å². The number of methoxy groups -OCH3 is 6. The molecule has 4 heterocycles. The lowest BCUT2D eigenvalue weighted by atomic mass is 9.16. The Morgan fingerprint density at radius 2 is 0.727 bits per heavy atom. The SMILES string of the molecule is COC(=O)C12C3NC4C(C(=O)OC)(C5NC1C3(C(=O)OC)C(c1ccc(OC)cc1)C45C(=O)OC)C2c1ccc(OC)cc1. The van der Waals surface area contributed by atoms with Crippen LogP contribution >= 0.6 is 0 Å². The number of benzene rings is 2. The van der Waals surface area contributed by atoms with Crippen molar-refractivity contribution in [2.45, 2.75) is 36.0 Å². The summed E-state index contributed by atoms with van der Waals surface area (Å²) in [5, 5.41) is 6.98. The van der Waals surface area contributed by atoms with Crippen LogP contribution in [0, 0.1) is 21.7 Å². The maximum Gasteiger partial charge on any atom is 0.315 e. The van der Waals surface area contributed by atoms with Crippen LogP contribution in [0.2, 0.25) is 0 Å². The van der Waals surface area contributed by atoms with E-state index in [0.717, 1.165) is 0 Å². The van der Waals surface area contributed by atoms with Crippen molar-refractivity contribution in [1.82, 2.24) is 10.6 Å². The second kappa shape index (κ2) is 9.18. The summed E-state index contributed by atoms with van der Waals surface area (Å²) >= 11 is 0. The van der Waals surface area contributed by atoms with E-state index in [1.807, 2.05) is 0 Å². The van der Waals surface area contributed by atoms with Crippen LogP contribution < -0.4 is 20.1 Å². The molecule has 0 atom stereocenters. The molecule has 0 unspecified atom stereocenters. The van der Waals surface area contributed by atoms with Crippen LogP contribution in [0.15, 0.2) is 48.5 Å². The molecule has 2 saturated carbocycles. The number of hydrogen-bond donors (Lipinski definition) is 2. The Morgan fingerprint density at radius 3 is 0.932 bits per heavy atom. The van der Waals surface area contributed by atoms with Crippen molar-refractivity contribution in [3.63, 3.8) is 0 Å². The first kappa shape index (κ1) is 28.6. The molecule has 4 saturated heterocycles. The number of hydrogen-bond acceptors (Lipinski definition) is 12. The average Bonchev–Trinajstić information content (AvgIpc) is 3.05. The predicted octanol–water partition coefficient (Wildman–Crippen LogP) is 0.930. The second-order valence-corrected chi connectivity index (χ2v) is 12.2. The highest BCUT2D eigenvalue weighted by Crippen LogP contribution is 2.88. The van der Waals surface area contributed by atoms with Crippen molar-refractivity contribution >= 4 is 23.9 Å². The van der Waals surface area contributed by atoms with Crippen LogP contribution in [0.3, 0.4) is 0 Å². The first-order valence-electron chi connectivity index (χ1n) is 14.3. The van der Waals surface area contributed by atoms with Gasteiger partial charge in [0.1, 0.15) is 33.2 Å². The zero-order chi connectivity index (χ0) is 31.4. The molecular formula is C32H34N2O10. The molecule has 0 radical (unpaired) electrons. The molecule has 2 N–H and O–H groups in total. The van der Waals surface area contributed by atoms with Gasteiger partial charge in [0.05, 0.1) is 42.7 Å². The van der Waals surface area contributed by atoms with E-state index in [1.165, 1.54) is 28.4 Å². The fourth-order valence-electron chi connectivity index (χ4n) is 10.4. The molecule has 6 fully saturated rings. The fourth-order valence-corrected chi connectivity index (χ4v) is 10.4. The molecule has 12 heteroatoms. The lowest BCUT2D eigenvalue weighted by molar-refractivity contribution is -0.365. The smallest absolute Gasteiger partial charge is 0.315 e. The van der Waals surface area contributed by atoms with Gasteiger partial charge in [-0.1, -0.05) is 24.3 Å². The molecule has 2 aromatic carbocycles. The highest BCUT2D eigenvalue weighted by atomic mass is 16.5. The van der Waals surface area contributed by atoms with Gasteiger partial charge in [-0.3, -0.25) is 19.2 Å². The molecule has 0 spiro atoms. The Balaban J connectivity index is 1.59. The summed E-state index contributed by atoms with van der Waals surface area (Å²) in [7, 11) is 8.24. The van der Waals surface area contributed by atoms with Crippen molar-refractivity contribution in [3.05, 3.63) is 59.7 Å². The maximum absolute atomic E-state index is 14.3. The van der Waals surface area contributed by atoms with E-state index in [-0.39, 0.29) is 0 Å². The molecule has 4 aliphatic heterocycles. The van der Waals surface area contributed by atoms with Gasteiger partial charge in [-0.05, 0) is 35.4 Å². The van der Waals surface area contributed by atoms with Gasteiger partial charge >= 0.3 is 23.9 Å². The van der Waals surface area contributed by atoms with E-state index in [4.69, 9.17) is 28.4 Å². The average molecular weight is 607 g/mol. The van der Waals surface area contributed by atoms with Crippen LogP contribution in [-0.4, -0.2) is 90.7 Å². The zero-order valence-electron chi connectivity index (χ0n) is 25.2. The highest BCUT2D eigenvalue weighted by Gasteiger charge is 3.03. The Kier molecular flexibility index (Phi) is 5.97. The van der Waals surface area contributed by atoms with E-state index in [2.05, 4.69) is 10.6 Å². The number of esters is 4. The van der Waals surface area contributed by atoms with Crippen LogP contribution in [0.5, 0.6) is 11.5 Å².